The van der Waals surface area contributed by atoms with E-state index in [2.05, 4.69) is 15.5 Å². The Kier molecular flexibility index (Phi) is 9.19. The average molecular weight is 409 g/mol. The van der Waals surface area contributed by atoms with Crippen molar-refractivity contribution in [1.82, 2.24) is 5.32 Å². The van der Waals surface area contributed by atoms with E-state index in [-0.39, 0.29) is 32.5 Å². The molecule has 2 N–H and O–H groups in total. The topological polar surface area (TPSA) is 121 Å². The van der Waals surface area contributed by atoms with E-state index in [1.165, 1.54) is 0 Å². The van der Waals surface area contributed by atoms with Gasteiger partial charge in [-0.3, -0.25) is 0 Å². The lowest BCUT2D eigenvalue weighted by atomic mass is 10.1. The lowest BCUT2D eigenvalue weighted by molar-refractivity contribution is -0.758. The van der Waals surface area contributed by atoms with Gasteiger partial charge in [0.05, 0.1) is 6.61 Å². The third-order valence-corrected chi connectivity index (χ3v) is 3.88. The summed E-state index contributed by atoms with van der Waals surface area (Å²) in [5, 5.41) is 15.6. The monoisotopic (exact) mass is 409 g/mol. The number of carbonyl (C=O) groups excluding carboxylic acids is 1. The molecule has 0 fully saturated rings. The van der Waals surface area contributed by atoms with Crippen LogP contribution in [0.3, 0.4) is 0 Å². The summed E-state index contributed by atoms with van der Waals surface area (Å²) in [6, 6.07) is 5.95. The molecule has 0 saturated carbocycles. The molecule has 1 heterocycles. The van der Waals surface area contributed by atoms with Gasteiger partial charge in [0, 0.05) is 30.4 Å². The smallest absolute Gasteiger partial charge is 0.332 e. The standard InChI is InChI=1S/C19H27N3O7/c1-14(2)21-11-15(29-19(23)13-26-9-10-28-22(24)25)12-27-18-7-3-6-17-16(18)5-4-8-20-17/h3-7,14-15,20-21H,8-13H2,1-2H3. The molecular weight excluding hydrogens is 382 g/mol. The van der Waals surface area contributed by atoms with Crippen LogP contribution in [0.1, 0.15) is 19.4 Å². The fourth-order valence-electron chi connectivity index (χ4n) is 2.57. The first-order chi connectivity index (χ1) is 14.0. The number of nitrogens with one attached hydrogen (secondary N) is 2. The van der Waals surface area contributed by atoms with Crippen LogP contribution in [0.5, 0.6) is 5.75 Å². The lowest BCUT2D eigenvalue weighted by Crippen LogP contribution is -2.39. The number of carbonyl (C=O) groups is 1. The second kappa shape index (κ2) is 11.9. The summed E-state index contributed by atoms with van der Waals surface area (Å²) in [4.78, 5) is 26.2. The molecule has 0 amide bonds. The largest absolute Gasteiger partial charge is 0.489 e. The maximum Gasteiger partial charge on any atom is 0.332 e. The molecule has 1 aromatic carbocycles. The molecule has 1 aliphatic heterocycles. The van der Waals surface area contributed by atoms with Gasteiger partial charge in [-0.25, -0.2) is 4.79 Å². The number of benzene rings is 1. The number of hydrogen-bond acceptors (Lipinski definition) is 9. The van der Waals surface area contributed by atoms with Crippen molar-refractivity contribution in [3.63, 3.8) is 0 Å². The predicted octanol–water partition coefficient (Wildman–Crippen LogP) is 1.64. The number of rotatable bonds is 13. The van der Waals surface area contributed by atoms with E-state index in [0.717, 1.165) is 17.8 Å². The SMILES string of the molecule is CC(C)NCC(COc1cccc2c1C=CCN2)OC(=O)COCCO[N+](=O)[O-]. The highest BCUT2D eigenvalue weighted by molar-refractivity contribution is 5.74. The first-order valence-electron chi connectivity index (χ1n) is 9.40. The lowest BCUT2D eigenvalue weighted by Gasteiger charge is -2.22. The van der Waals surface area contributed by atoms with Crippen LogP contribution in [0.25, 0.3) is 6.08 Å². The van der Waals surface area contributed by atoms with Gasteiger partial charge in [0.1, 0.15) is 31.7 Å². The minimum absolute atomic E-state index is 0.0863. The molecule has 1 atom stereocenters. The van der Waals surface area contributed by atoms with Crippen LogP contribution in [-0.2, 0) is 19.1 Å². The number of fused-ring (bicyclic) bond motifs is 1. The third kappa shape index (κ3) is 8.36. The highest BCUT2D eigenvalue weighted by Gasteiger charge is 2.18. The summed E-state index contributed by atoms with van der Waals surface area (Å²) in [6.07, 6.45) is 3.47. The molecule has 0 aromatic heterocycles. The van der Waals surface area contributed by atoms with Crippen molar-refractivity contribution in [2.75, 3.05) is 44.8 Å². The Morgan fingerprint density at radius 3 is 2.93 bits per heavy atom. The van der Waals surface area contributed by atoms with E-state index >= 15 is 0 Å². The van der Waals surface area contributed by atoms with Crippen molar-refractivity contribution in [2.45, 2.75) is 26.0 Å². The van der Waals surface area contributed by atoms with E-state index in [0.29, 0.717) is 12.3 Å². The Bertz CT molecular complexity index is 709. The number of anilines is 1. The van der Waals surface area contributed by atoms with E-state index in [4.69, 9.17) is 14.2 Å². The summed E-state index contributed by atoms with van der Waals surface area (Å²) in [5.74, 6) is 0.117. The van der Waals surface area contributed by atoms with Gasteiger partial charge in [-0.1, -0.05) is 32.1 Å². The molecule has 1 unspecified atom stereocenters. The zero-order chi connectivity index (χ0) is 21.1. The molecule has 0 aliphatic carbocycles. The van der Waals surface area contributed by atoms with E-state index < -0.39 is 17.2 Å². The highest BCUT2D eigenvalue weighted by atomic mass is 17.0. The van der Waals surface area contributed by atoms with Crippen molar-refractivity contribution in [3.05, 3.63) is 40.0 Å². The molecule has 1 aliphatic rings. The Morgan fingerprint density at radius 1 is 1.34 bits per heavy atom. The third-order valence-electron chi connectivity index (χ3n) is 3.88. The van der Waals surface area contributed by atoms with Gasteiger partial charge >= 0.3 is 5.97 Å². The molecule has 0 bridgehead atoms. The van der Waals surface area contributed by atoms with Crippen molar-refractivity contribution in [2.24, 2.45) is 0 Å². The quantitative estimate of drug-likeness (QED) is 0.217. The van der Waals surface area contributed by atoms with Gasteiger partial charge in [0.25, 0.3) is 5.09 Å². The molecule has 0 spiro atoms. The number of ether oxygens (including phenoxy) is 3. The van der Waals surface area contributed by atoms with Crippen molar-refractivity contribution < 1.29 is 28.9 Å². The molecule has 2 rings (SSSR count). The second-order valence-corrected chi connectivity index (χ2v) is 6.60. The van der Waals surface area contributed by atoms with Gasteiger partial charge in [0.15, 0.2) is 0 Å². The number of nitrogens with zero attached hydrogens (tertiary/aromatic N) is 1. The minimum atomic E-state index is -0.917. The summed E-state index contributed by atoms with van der Waals surface area (Å²) in [7, 11) is 0. The van der Waals surface area contributed by atoms with Crippen LogP contribution in [-0.4, -0.2) is 62.7 Å². The van der Waals surface area contributed by atoms with Gasteiger partial charge in [-0.15, -0.1) is 10.1 Å². The van der Waals surface area contributed by atoms with Crippen LogP contribution < -0.4 is 15.4 Å². The summed E-state index contributed by atoms with van der Waals surface area (Å²) in [6.45, 7) is 4.66. The fraction of sp³-hybridized carbons (Fsp3) is 0.526. The van der Waals surface area contributed by atoms with Crippen LogP contribution in [0.2, 0.25) is 0 Å². The number of hydrogen-bond donors (Lipinski definition) is 2. The fourth-order valence-corrected chi connectivity index (χ4v) is 2.57. The van der Waals surface area contributed by atoms with Crippen LogP contribution in [0.4, 0.5) is 5.69 Å². The molecule has 10 nitrogen and oxygen atoms in total. The Hall–Kier alpha value is -2.85. The predicted molar refractivity (Wildman–Crippen MR) is 106 cm³/mol. The summed E-state index contributed by atoms with van der Waals surface area (Å²) < 4.78 is 16.4. The minimum Gasteiger partial charge on any atom is -0.489 e. The summed E-state index contributed by atoms with van der Waals surface area (Å²) in [5.41, 5.74) is 1.94. The van der Waals surface area contributed by atoms with E-state index in [1.54, 1.807) is 0 Å². The van der Waals surface area contributed by atoms with Crippen LogP contribution in [0, 0.1) is 10.1 Å². The first-order valence-corrected chi connectivity index (χ1v) is 9.40. The highest BCUT2D eigenvalue weighted by Crippen LogP contribution is 2.30. The Balaban J connectivity index is 1.85. The van der Waals surface area contributed by atoms with E-state index in [1.807, 2.05) is 44.2 Å². The normalized spacial score (nSPS) is 13.3. The molecule has 0 saturated heterocycles. The van der Waals surface area contributed by atoms with Crippen LogP contribution in [0.15, 0.2) is 24.3 Å². The van der Waals surface area contributed by atoms with Crippen LogP contribution >= 0.6 is 0 Å². The van der Waals surface area contributed by atoms with Crippen molar-refractivity contribution in [3.8, 4) is 5.75 Å². The molecule has 29 heavy (non-hydrogen) atoms. The van der Waals surface area contributed by atoms with E-state index in [9.17, 15) is 14.9 Å². The van der Waals surface area contributed by atoms with Crippen molar-refractivity contribution in [1.29, 1.82) is 0 Å². The number of esters is 1. The molecule has 0 radical (unpaired) electrons. The van der Waals surface area contributed by atoms with Gasteiger partial charge in [0.2, 0.25) is 0 Å². The molecule has 10 heteroatoms. The average Bonchev–Trinajstić information content (AvgIpc) is 2.69. The molecular formula is C19H27N3O7. The first kappa shape index (κ1) is 22.4. The van der Waals surface area contributed by atoms with Crippen molar-refractivity contribution >= 4 is 17.7 Å². The van der Waals surface area contributed by atoms with Gasteiger partial charge in [-0.2, -0.15) is 0 Å². The maximum absolute atomic E-state index is 12.0. The Labute approximate surface area is 169 Å². The molecule has 160 valence electrons. The second-order valence-electron chi connectivity index (χ2n) is 6.60. The maximum atomic E-state index is 12.0. The van der Waals surface area contributed by atoms with Gasteiger partial charge < -0.3 is 29.7 Å². The Morgan fingerprint density at radius 2 is 2.17 bits per heavy atom. The van der Waals surface area contributed by atoms with Gasteiger partial charge in [-0.05, 0) is 12.1 Å². The summed E-state index contributed by atoms with van der Waals surface area (Å²) >= 11 is 0. The zero-order valence-electron chi connectivity index (χ0n) is 16.6. The molecule has 1 aromatic rings. The zero-order valence-corrected chi connectivity index (χ0v) is 16.6.